The van der Waals surface area contributed by atoms with Gasteiger partial charge in [0.15, 0.2) is 0 Å². The predicted molar refractivity (Wildman–Crippen MR) is 71.4 cm³/mol. The molecule has 19 heavy (non-hydrogen) atoms. The van der Waals surface area contributed by atoms with Gasteiger partial charge in [0.25, 0.3) is 0 Å². The first-order valence-electron chi connectivity index (χ1n) is 6.71. The van der Waals surface area contributed by atoms with Crippen LogP contribution in [0.1, 0.15) is 43.8 Å². The van der Waals surface area contributed by atoms with Crippen molar-refractivity contribution < 1.29 is 13.5 Å². The fourth-order valence-electron chi connectivity index (χ4n) is 2.45. The molecule has 0 saturated heterocycles. The normalized spacial score (nSPS) is 17.2. The van der Waals surface area contributed by atoms with Gasteiger partial charge < -0.3 is 5.11 Å². The van der Waals surface area contributed by atoms with Gasteiger partial charge in [0, 0.05) is 19.3 Å². The average molecular weight is 287 g/mol. The zero-order valence-electron chi connectivity index (χ0n) is 11.2. The molecular weight excluding hydrogens is 266 g/mol. The molecule has 1 aliphatic rings. The molecule has 0 bridgehead atoms. The van der Waals surface area contributed by atoms with Crippen molar-refractivity contribution in [3.63, 3.8) is 0 Å². The number of nitrogens with one attached hydrogen (secondary N) is 1. The number of aliphatic hydroxyl groups is 1. The summed E-state index contributed by atoms with van der Waals surface area (Å²) in [6, 6.07) is 0.333. The number of nitrogens with zero attached hydrogens (tertiary/aromatic N) is 2. The number of aryl methyl sites for hydroxylation is 1. The van der Waals surface area contributed by atoms with Gasteiger partial charge in [0.2, 0.25) is 10.0 Å². The number of hydrogen-bond acceptors (Lipinski definition) is 4. The van der Waals surface area contributed by atoms with E-state index in [1.807, 2.05) is 0 Å². The summed E-state index contributed by atoms with van der Waals surface area (Å²) in [5.41, 5.74) is 0.531. The summed E-state index contributed by atoms with van der Waals surface area (Å²) in [6.45, 7) is 1.93. The van der Waals surface area contributed by atoms with E-state index in [0.717, 1.165) is 12.8 Å². The Balaban J connectivity index is 2.15. The molecule has 2 rings (SSSR count). The van der Waals surface area contributed by atoms with Crippen LogP contribution in [0.2, 0.25) is 0 Å². The fourth-order valence-corrected chi connectivity index (χ4v) is 3.69. The summed E-state index contributed by atoms with van der Waals surface area (Å²) in [7, 11) is -3.52. The second-order valence-corrected chi connectivity index (χ2v) is 6.71. The van der Waals surface area contributed by atoms with Gasteiger partial charge in [0.1, 0.15) is 4.90 Å². The highest BCUT2D eigenvalue weighted by atomic mass is 32.2. The fraction of sp³-hybridized carbons (Fsp3) is 0.750. The number of aromatic nitrogens is 2. The Labute approximate surface area is 113 Å². The van der Waals surface area contributed by atoms with Gasteiger partial charge in [-0.3, -0.25) is 4.68 Å². The highest BCUT2D eigenvalue weighted by Gasteiger charge is 2.24. The summed E-state index contributed by atoms with van der Waals surface area (Å²) in [5.74, 6) is 0. The topological polar surface area (TPSA) is 84.2 Å². The van der Waals surface area contributed by atoms with Crippen molar-refractivity contribution in [3.8, 4) is 0 Å². The zero-order valence-corrected chi connectivity index (χ0v) is 12.0. The SMILES string of the molecule is Cc1nn(C2CCCC2)cc1S(=O)(=O)NCCCO. The lowest BCUT2D eigenvalue weighted by Gasteiger charge is -2.08. The van der Waals surface area contributed by atoms with E-state index in [-0.39, 0.29) is 18.0 Å². The van der Waals surface area contributed by atoms with Crippen LogP contribution in [0.15, 0.2) is 11.1 Å². The van der Waals surface area contributed by atoms with Crippen molar-refractivity contribution in [1.82, 2.24) is 14.5 Å². The van der Waals surface area contributed by atoms with E-state index in [1.54, 1.807) is 17.8 Å². The second-order valence-electron chi connectivity index (χ2n) is 4.97. The maximum Gasteiger partial charge on any atom is 0.243 e. The molecule has 7 heteroatoms. The average Bonchev–Trinajstić information content (AvgIpc) is 2.97. The van der Waals surface area contributed by atoms with Crippen LogP contribution in [-0.2, 0) is 10.0 Å². The number of rotatable bonds is 6. The molecule has 1 heterocycles. The van der Waals surface area contributed by atoms with E-state index in [0.29, 0.717) is 18.2 Å². The van der Waals surface area contributed by atoms with E-state index in [2.05, 4.69) is 9.82 Å². The van der Waals surface area contributed by atoms with Crippen molar-refractivity contribution in [2.24, 2.45) is 0 Å². The van der Waals surface area contributed by atoms with Crippen LogP contribution in [0.3, 0.4) is 0 Å². The largest absolute Gasteiger partial charge is 0.396 e. The van der Waals surface area contributed by atoms with Crippen LogP contribution in [0, 0.1) is 6.92 Å². The molecule has 0 unspecified atom stereocenters. The Bertz CT molecular complexity index is 518. The maximum absolute atomic E-state index is 12.1. The third-order valence-electron chi connectivity index (χ3n) is 3.49. The Morgan fingerprint density at radius 3 is 2.79 bits per heavy atom. The standard InChI is InChI=1S/C12H21N3O3S/c1-10-12(19(17,18)13-7-4-8-16)9-15(14-10)11-5-2-3-6-11/h9,11,13,16H,2-8H2,1H3. The van der Waals surface area contributed by atoms with Crippen molar-refractivity contribution in [3.05, 3.63) is 11.9 Å². The molecule has 0 aromatic carbocycles. The van der Waals surface area contributed by atoms with E-state index in [1.165, 1.54) is 12.8 Å². The van der Waals surface area contributed by atoms with Crippen LogP contribution in [0.4, 0.5) is 0 Å². The van der Waals surface area contributed by atoms with Crippen LogP contribution < -0.4 is 4.72 Å². The Kier molecular flexibility index (Phi) is 4.59. The Morgan fingerprint density at radius 2 is 2.16 bits per heavy atom. The molecule has 1 aromatic rings. The highest BCUT2D eigenvalue weighted by Crippen LogP contribution is 2.30. The molecule has 0 aliphatic heterocycles. The first-order valence-corrected chi connectivity index (χ1v) is 8.19. The van der Waals surface area contributed by atoms with Crippen molar-refractivity contribution in [1.29, 1.82) is 0 Å². The Hall–Kier alpha value is -0.920. The first-order chi connectivity index (χ1) is 9.04. The molecule has 0 spiro atoms. The van der Waals surface area contributed by atoms with Gasteiger partial charge in [-0.1, -0.05) is 12.8 Å². The Morgan fingerprint density at radius 1 is 1.47 bits per heavy atom. The van der Waals surface area contributed by atoms with Crippen LogP contribution in [0.25, 0.3) is 0 Å². The van der Waals surface area contributed by atoms with Gasteiger partial charge in [-0.05, 0) is 26.2 Å². The quantitative estimate of drug-likeness (QED) is 0.764. The van der Waals surface area contributed by atoms with Crippen LogP contribution in [-0.4, -0.2) is 36.5 Å². The summed E-state index contributed by atoms with van der Waals surface area (Å²) < 4.78 is 28.5. The molecule has 1 aromatic heterocycles. The third kappa shape index (κ3) is 3.34. The second kappa shape index (κ2) is 6.02. The van der Waals surface area contributed by atoms with E-state index < -0.39 is 10.0 Å². The van der Waals surface area contributed by atoms with Crippen molar-refractivity contribution in [2.75, 3.05) is 13.2 Å². The smallest absolute Gasteiger partial charge is 0.243 e. The van der Waals surface area contributed by atoms with Crippen molar-refractivity contribution in [2.45, 2.75) is 50.0 Å². The molecular formula is C12H21N3O3S. The minimum absolute atomic E-state index is 0.0250. The summed E-state index contributed by atoms with van der Waals surface area (Å²) in [4.78, 5) is 0.248. The van der Waals surface area contributed by atoms with Gasteiger partial charge in [0.05, 0.1) is 11.7 Å². The van der Waals surface area contributed by atoms with E-state index in [9.17, 15) is 8.42 Å². The maximum atomic E-state index is 12.1. The number of sulfonamides is 1. The molecule has 0 amide bonds. The molecule has 6 nitrogen and oxygen atoms in total. The molecule has 0 radical (unpaired) electrons. The third-order valence-corrected chi connectivity index (χ3v) is 5.05. The summed E-state index contributed by atoms with van der Waals surface area (Å²) in [5, 5.41) is 13.0. The van der Waals surface area contributed by atoms with Gasteiger partial charge in [-0.25, -0.2) is 13.1 Å². The minimum atomic E-state index is -3.52. The van der Waals surface area contributed by atoms with Gasteiger partial charge in [-0.2, -0.15) is 5.10 Å². The predicted octanol–water partition coefficient (Wildman–Crippen LogP) is 0.967. The molecule has 2 N–H and O–H groups in total. The minimum Gasteiger partial charge on any atom is -0.396 e. The van der Waals surface area contributed by atoms with E-state index >= 15 is 0 Å². The van der Waals surface area contributed by atoms with Crippen LogP contribution >= 0.6 is 0 Å². The molecule has 1 saturated carbocycles. The van der Waals surface area contributed by atoms with Gasteiger partial charge in [-0.15, -0.1) is 0 Å². The monoisotopic (exact) mass is 287 g/mol. The number of aliphatic hydroxyl groups excluding tert-OH is 1. The lowest BCUT2D eigenvalue weighted by Crippen LogP contribution is -2.25. The number of hydrogen-bond donors (Lipinski definition) is 2. The molecule has 1 aliphatic carbocycles. The molecule has 0 atom stereocenters. The van der Waals surface area contributed by atoms with Crippen LogP contribution in [0.5, 0.6) is 0 Å². The molecule has 1 fully saturated rings. The first kappa shape index (κ1) is 14.5. The summed E-state index contributed by atoms with van der Waals surface area (Å²) >= 11 is 0. The van der Waals surface area contributed by atoms with Crippen molar-refractivity contribution >= 4 is 10.0 Å². The highest BCUT2D eigenvalue weighted by molar-refractivity contribution is 7.89. The van der Waals surface area contributed by atoms with Gasteiger partial charge >= 0.3 is 0 Å². The lowest BCUT2D eigenvalue weighted by atomic mass is 10.3. The molecule has 108 valence electrons. The zero-order chi connectivity index (χ0) is 13.9. The lowest BCUT2D eigenvalue weighted by molar-refractivity contribution is 0.289. The van der Waals surface area contributed by atoms with E-state index in [4.69, 9.17) is 5.11 Å². The summed E-state index contributed by atoms with van der Waals surface area (Å²) in [6.07, 6.45) is 6.54.